The average Bonchev–Trinajstić information content (AvgIpc) is 3.21. The van der Waals surface area contributed by atoms with Crippen LogP contribution in [0, 0.1) is 0 Å². The van der Waals surface area contributed by atoms with E-state index in [1.807, 2.05) is 42.5 Å². The normalized spacial score (nSPS) is 15.3. The molecule has 3 aromatic carbocycles. The minimum Gasteiger partial charge on any atom is -0.497 e. The van der Waals surface area contributed by atoms with Gasteiger partial charge in [-0.1, -0.05) is 48.2 Å². The van der Waals surface area contributed by atoms with E-state index in [1.54, 1.807) is 7.11 Å². The highest BCUT2D eigenvalue weighted by Crippen LogP contribution is 2.31. The molecule has 0 saturated heterocycles. The minimum absolute atomic E-state index is 0.0324. The van der Waals surface area contributed by atoms with Crippen molar-refractivity contribution >= 4 is 28.7 Å². The summed E-state index contributed by atoms with van der Waals surface area (Å²) in [5, 5.41) is 4.04. The van der Waals surface area contributed by atoms with E-state index in [4.69, 9.17) is 9.72 Å². The van der Waals surface area contributed by atoms with Crippen LogP contribution in [0.1, 0.15) is 30.0 Å². The number of ether oxygens (including phenoxy) is 1. The zero-order valence-electron chi connectivity index (χ0n) is 18.0. The van der Waals surface area contributed by atoms with Crippen LogP contribution in [0.2, 0.25) is 0 Å². The molecular formula is C26H25N3O2S. The van der Waals surface area contributed by atoms with Crippen molar-refractivity contribution in [1.82, 2.24) is 14.9 Å². The van der Waals surface area contributed by atoms with Crippen molar-refractivity contribution in [3.05, 3.63) is 83.9 Å². The number of aryl methyl sites for hydroxylation is 1. The van der Waals surface area contributed by atoms with Gasteiger partial charge in [0.15, 0.2) is 5.16 Å². The van der Waals surface area contributed by atoms with Crippen molar-refractivity contribution in [3.63, 3.8) is 0 Å². The average molecular weight is 444 g/mol. The van der Waals surface area contributed by atoms with E-state index in [0.29, 0.717) is 5.75 Å². The molecule has 1 aliphatic rings. The lowest BCUT2D eigenvalue weighted by Gasteiger charge is -2.26. The highest BCUT2D eigenvalue weighted by Gasteiger charge is 2.22. The van der Waals surface area contributed by atoms with Crippen LogP contribution in [0.3, 0.4) is 0 Å². The fourth-order valence-electron chi connectivity index (χ4n) is 4.35. The molecule has 1 N–H and O–H groups in total. The summed E-state index contributed by atoms with van der Waals surface area (Å²) in [6.45, 7) is 0. The van der Waals surface area contributed by atoms with Crippen molar-refractivity contribution in [2.75, 3.05) is 12.9 Å². The molecule has 0 saturated carbocycles. The van der Waals surface area contributed by atoms with Gasteiger partial charge >= 0.3 is 0 Å². The Hall–Kier alpha value is -3.25. The summed E-state index contributed by atoms with van der Waals surface area (Å²) in [6, 6.07) is 24.4. The maximum Gasteiger partial charge on any atom is 0.230 e. The number of hydrogen-bond donors (Lipinski definition) is 1. The first-order valence-electron chi connectivity index (χ1n) is 10.8. The predicted molar refractivity (Wildman–Crippen MR) is 129 cm³/mol. The Labute approximate surface area is 191 Å². The number of nitrogens with one attached hydrogen (secondary N) is 1. The summed E-state index contributed by atoms with van der Waals surface area (Å²) in [7, 11) is 1.66. The van der Waals surface area contributed by atoms with Crippen LogP contribution < -0.4 is 10.1 Å². The van der Waals surface area contributed by atoms with Gasteiger partial charge in [0.05, 0.1) is 29.9 Å². The molecule has 0 radical (unpaired) electrons. The Morgan fingerprint density at radius 1 is 1.09 bits per heavy atom. The van der Waals surface area contributed by atoms with Crippen LogP contribution in [0.15, 0.2) is 78.0 Å². The van der Waals surface area contributed by atoms with E-state index in [-0.39, 0.29) is 11.9 Å². The standard InChI is InChI=1S/C26H25N3O2S/c1-31-20-15-13-19(14-16-20)29-24-12-5-4-10-23(24)28-26(29)32-17-25(30)27-22-11-6-8-18-7-2-3-9-21(18)22/h2-5,7,9-10,12-16,22H,6,8,11,17H2,1H3,(H,27,30)/t22-/m0/s1. The third-order valence-electron chi connectivity index (χ3n) is 5.90. The Balaban J connectivity index is 1.36. The number of nitrogens with zero attached hydrogens (tertiary/aromatic N) is 2. The Morgan fingerprint density at radius 3 is 2.72 bits per heavy atom. The van der Waals surface area contributed by atoms with Gasteiger partial charge in [-0.3, -0.25) is 9.36 Å². The molecule has 0 spiro atoms. The van der Waals surface area contributed by atoms with E-state index in [2.05, 4.69) is 40.2 Å². The fourth-order valence-corrected chi connectivity index (χ4v) is 5.19. The van der Waals surface area contributed by atoms with Crippen molar-refractivity contribution in [1.29, 1.82) is 0 Å². The molecule has 0 aliphatic heterocycles. The van der Waals surface area contributed by atoms with Crippen LogP contribution in [0.4, 0.5) is 0 Å². The molecule has 32 heavy (non-hydrogen) atoms. The number of hydrogen-bond acceptors (Lipinski definition) is 4. The second kappa shape index (κ2) is 9.09. The molecule has 1 aromatic heterocycles. The third-order valence-corrected chi connectivity index (χ3v) is 6.84. The highest BCUT2D eigenvalue weighted by molar-refractivity contribution is 7.99. The summed E-state index contributed by atoms with van der Waals surface area (Å²) >= 11 is 1.46. The van der Waals surface area contributed by atoms with Crippen molar-refractivity contribution < 1.29 is 9.53 Å². The number of methoxy groups -OCH3 is 1. The van der Waals surface area contributed by atoms with Crippen molar-refractivity contribution in [2.45, 2.75) is 30.5 Å². The Kier molecular flexibility index (Phi) is 5.86. The SMILES string of the molecule is COc1ccc(-n2c(SCC(=O)N[C@H]3CCCc4ccccc43)nc3ccccc32)cc1. The number of thioether (sulfide) groups is 1. The van der Waals surface area contributed by atoms with Gasteiger partial charge < -0.3 is 10.1 Å². The van der Waals surface area contributed by atoms with Crippen molar-refractivity contribution in [3.8, 4) is 11.4 Å². The molecule has 1 heterocycles. The molecular weight excluding hydrogens is 418 g/mol. The first-order valence-corrected chi connectivity index (χ1v) is 11.8. The molecule has 4 aromatic rings. The molecule has 5 rings (SSSR count). The summed E-state index contributed by atoms with van der Waals surface area (Å²) in [6.07, 6.45) is 3.17. The zero-order chi connectivity index (χ0) is 21.9. The van der Waals surface area contributed by atoms with E-state index in [1.165, 1.54) is 22.9 Å². The molecule has 1 aliphatic carbocycles. The molecule has 6 heteroatoms. The highest BCUT2D eigenvalue weighted by atomic mass is 32.2. The van der Waals surface area contributed by atoms with E-state index in [9.17, 15) is 4.79 Å². The quantitative estimate of drug-likeness (QED) is 0.410. The number of benzene rings is 3. The van der Waals surface area contributed by atoms with Gasteiger partial charge in [0.2, 0.25) is 5.91 Å². The number of para-hydroxylation sites is 2. The number of amides is 1. The molecule has 0 fully saturated rings. The number of imidazole rings is 1. The molecule has 5 nitrogen and oxygen atoms in total. The number of carbonyl (C=O) groups is 1. The lowest BCUT2D eigenvalue weighted by molar-refractivity contribution is -0.119. The van der Waals surface area contributed by atoms with Crippen LogP contribution >= 0.6 is 11.8 Å². The van der Waals surface area contributed by atoms with Gasteiger partial charge in [0.1, 0.15) is 5.75 Å². The number of rotatable bonds is 6. The van der Waals surface area contributed by atoms with Crippen LogP contribution in [-0.2, 0) is 11.2 Å². The summed E-state index contributed by atoms with van der Waals surface area (Å²) in [5.74, 6) is 1.16. The first-order chi connectivity index (χ1) is 15.7. The summed E-state index contributed by atoms with van der Waals surface area (Å²) < 4.78 is 7.40. The molecule has 0 unspecified atom stereocenters. The monoisotopic (exact) mass is 443 g/mol. The molecule has 0 bridgehead atoms. The fraction of sp³-hybridized carbons (Fsp3) is 0.231. The molecule has 1 amide bonds. The number of carbonyl (C=O) groups excluding carboxylic acids is 1. The van der Waals surface area contributed by atoms with Gasteiger partial charge in [-0.2, -0.15) is 0 Å². The molecule has 1 atom stereocenters. The van der Waals surface area contributed by atoms with E-state index >= 15 is 0 Å². The lowest BCUT2D eigenvalue weighted by atomic mass is 9.88. The second-order valence-corrected chi connectivity index (χ2v) is 8.86. The zero-order valence-corrected chi connectivity index (χ0v) is 18.8. The van der Waals surface area contributed by atoms with Crippen LogP contribution in [-0.4, -0.2) is 28.3 Å². The van der Waals surface area contributed by atoms with Gasteiger partial charge in [-0.15, -0.1) is 0 Å². The van der Waals surface area contributed by atoms with Gasteiger partial charge in [-0.05, 0) is 66.8 Å². The van der Waals surface area contributed by atoms with Crippen molar-refractivity contribution in [2.24, 2.45) is 0 Å². The lowest BCUT2D eigenvalue weighted by Crippen LogP contribution is -2.32. The first kappa shape index (κ1) is 20.6. The number of fused-ring (bicyclic) bond motifs is 2. The summed E-state index contributed by atoms with van der Waals surface area (Å²) in [5.41, 5.74) is 5.51. The van der Waals surface area contributed by atoms with Crippen LogP contribution in [0.5, 0.6) is 5.75 Å². The molecule has 162 valence electrons. The minimum atomic E-state index is 0.0324. The topological polar surface area (TPSA) is 56.1 Å². The third kappa shape index (κ3) is 4.10. The maximum atomic E-state index is 12.9. The largest absolute Gasteiger partial charge is 0.497 e. The predicted octanol–water partition coefficient (Wildman–Crippen LogP) is 5.32. The van der Waals surface area contributed by atoms with E-state index < -0.39 is 0 Å². The van der Waals surface area contributed by atoms with E-state index in [0.717, 1.165) is 46.9 Å². The van der Waals surface area contributed by atoms with Crippen LogP contribution in [0.25, 0.3) is 16.7 Å². The van der Waals surface area contributed by atoms with Gasteiger partial charge in [-0.25, -0.2) is 4.98 Å². The summed E-state index contributed by atoms with van der Waals surface area (Å²) in [4.78, 5) is 17.7. The Morgan fingerprint density at radius 2 is 1.88 bits per heavy atom. The Bertz CT molecular complexity index is 1250. The van der Waals surface area contributed by atoms with Gasteiger partial charge in [0.25, 0.3) is 0 Å². The second-order valence-electron chi connectivity index (χ2n) is 7.92. The van der Waals surface area contributed by atoms with Gasteiger partial charge in [0, 0.05) is 5.69 Å². The number of aromatic nitrogens is 2. The maximum absolute atomic E-state index is 12.9. The smallest absolute Gasteiger partial charge is 0.230 e.